The zero-order valence-corrected chi connectivity index (χ0v) is 34.1. The van der Waals surface area contributed by atoms with Gasteiger partial charge in [-0.1, -0.05) is 127 Å². The third-order valence-corrected chi connectivity index (χ3v) is 10.7. The first-order valence-corrected chi connectivity index (χ1v) is 21.9. The third kappa shape index (κ3) is 21.3. The molecule has 0 aromatic heterocycles. The maximum atomic E-state index is 12.7. The summed E-state index contributed by atoms with van der Waals surface area (Å²) in [5.41, 5.74) is 5.10. The van der Waals surface area contributed by atoms with E-state index in [1.54, 1.807) is 13.8 Å². The van der Waals surface area contributed by atoms with E-state index in [2.05, 4.69) is 62.4 Å². The van der Waals surface area contributed by atoms with E-state index in [1.165, 1.54) is 99.3 Å². The molecule has 0 N–H and O–H groups in total. The molecule has 2 aromatic carbocycles. The Bertz CT molecular complexity index is 1120. The average molecular weight is 743 g/mol. The van der Waals surface area contributed by atoms with Gasteiger partial charge in [0, 0.05) is 0 Å². The normalized spacial score (nSPS) is 13.1. The van der Waals surface area contributed by atoms with Crippen molar-refractivity contribution in [2.45, 2.75) is 156 Å². The van der Waals surface area contributed by atoms with Crippen molar-refractivity contribution >= 4 is 20.2 Å². The summed E-state index contributed by atoms with van der Waals surface area (Å²) in [7, 11) is -2.78. The molecule has 0 saturated heterocycles. The van der Waals surface area contributed by atoms with E-state index >= 15 is 0 Å². The molecule has 0 saturated carbocycles. The summed E-state index contributed by atoms with van der Waals surface area (Å²) in [6, 6.07) is 17.5. The lowest BCUT2D eigenvalue weighted by atomic mass is 9.96. The van der Waals surface area contributed by atoms with Crippen molar-refractivity contribution in [3.63, 3.8) is 0 Å². The second-order valence-corrected chi connectivity index (χ2v) is 15.2. The highest BCUT2D eigenvalue weighted by atomic mass is 31.1. The predicted octanol–water partition coefficient (Wildman–Crippen LogP) is 11.6. The Labute approximate surface area is 317 Å². The number of unbranched alkanes of at least 4 members (excludes halogenated alkanes) is 10. The van der Waals surface area contributed by atoms with E-state index in [0.29, 0.717) is 38.9 Å². The van der Waals surface area contributed by atoms with Gasteiger partial charge in [0.2, 0.25) is 0 Å². The summed E-state index contributed by atoms with van der Waals surface area (Å²) in [4.78, 5) is 25.4. The molecule has 0 heterocycles. The van der Waals surface area contributed by atoms with Gasteiger partial charge in [-0.25, -0.2) is 0 Å². The van der Waals surface area contributed by atoms with E-state index < -0.39 is 8.25 Å². The minimum absolute atomic E-state index is 0.134. The number of benzene rings is 2. The number of carbonyl (C=O) groups is 2. The van der Waals surface area contributed by atoms with Crippen molar-refractivity contribution in [1.82, 2.24) is 0 Å². The van der Waals surface area contributed by atoms with Crippen molar-refractivity contribution in [2.24, 2.45) is 11.8 Å². The number of ether oxygens (including phenoxy) is 2. The summed E-state index contributed by atoms with van der Waals surface area (Å²) in [5.74, 6) is -1.21. The molecular formula is C44H71O7P. The molecule has 0 spiro atoms. The van der Waals surface area contributed by atoms with Gasteiger partial charge in [0.15, 0.2) is 0 Å². The molecule has 7 nitrogen and oxygen atoms in total. The molecule has 2 atom stereocenters. The molecule has 2 unspecified atom stereocenters. The lowest BCUT2D eigenvalue weighted by molar-refractivity contribution is -0.149. The van der Waals surface area contributed by atoms with Crippen LogP contribution in [0.25, 0.3) is 0 Å². The van der Waals surface area contributed by atoms with Crippen molar-refractivity contribution in [1.29, 1.82) is 0 Å². The van der Waals surface area contributed by atoms with Gasteiger partial charge >= 0.3 is 20.2 Å². The predicted molar refractivity (Wildman–Crippen MR) is 214 cm³/mol. The fourth-order valence-electron chi connectivity index (χ4n) is 6.54. The number of hydrogen-bond donors (Lipinski definition) is 0. The summed E-state index contributed by atoms with van der Waals surface area (Å²) in [6.45, 7) is 8.99. The standard InChI is InChI=1S/C44H71O7P/c1-5-9-11-13-15-17-19-37-21-25-39(26-22-37)29-31-41(43(45)48-7-3)33-35-50-52(47)51-36-34-42(44(46)49-8-4)32-30-40-27-23-38(24-28-40)20-18-16-14-12-10-6-2/h21-28,41-42,52H,5-20,29-36H2,1-4H3. The van der Waals surface area contributed by atoms with Gasteiger partial charge < -0.3 is 18.5 Å². The zero-order valence-electron chi connectivity index (χ0n) is 33.1. The van der Waals surface area contributed by atoms with E-state index in [1.807, 2.05) is 0 Å². The lowest BCUT2D eigenvalue weighted by Gasteiger charge is -2.17. The summed E-state index contributed by atoms with van der Waals surface area (Å²) in [6.07, 6.45) is 21.3. The van der Waals surface area contributed by atoms with Crippen LogP contribution in [0.2, 0.25) is 0 Å². The molecule has 0 amide bonds. The monoisotopic (exact) mass is 742 g/mol. The van der Waals surface area contributed by atoms with Crippen molar-refractivity contribution in [3.05, 3.63) is 70.8 Å². The molecule has 8 heteroatoms. The van der Waals surface area contributed by atoms with E-state index in [0.717, 1.165) is 25.7 Å². The van der Waals surface area contributed by atoms with Gasteiger partial charge in [0.05, 0.1) is 38.3 Å². The van der Waals surface area contributed by atoms with E-state index in [-0.39, 0.29) is 37.0 Å². The maximum Gasteiger partial charge on any atom is 0.319 e. The van der Waals surface area contributed by atoms with Crippen LogP contribution in [0.1, 0.15) is 153 Å². The minimum atomic E-state index is -2.78. The molecule has 0 fully saturated rings. The molecule has 0 aliphatic carbocycles. The highest BCUT2D eigenvalue weighted by molar-refractivity contribution is 7.33. The minimum Gasteiger partial charge on any atom is -0.466 e. The first kappa shape index (κ1) is 45.7. The van der Waals surface area contributed by atoms with Crippen LogP contribution in [0.4, 0.5) is 0 Å². The Morgan fingerprint density at radius 3 is 1.15 bits per heavy atom. The number of rotatable bonds is 32. The van der Waals surface area contributed by atoms with Gasteiger partial charge in [-0.3, -0.25) is 14.2 Å². The molecule has 2 aromatic rings. The number of aryl methyl sites for hydroxylation is 4. The van der Waals surface area contributed by atoms with Crippen LogP contribution < -0.4 is 0 Å². The maximum absolute atomic E-state index is 12.7. The fourth-order valence-corrected chi connectivity index (χ4v) is 7.19. The van der Waals surface area contributed by atoms with E-state index in [4.69, 9.17) is 18.5 Å². The summed E-state index contributed by atoms with van der Waals surface area (Å²) < 4.78 is 34.3. The van der Waals surface area contributed by atoms with Crippen molar-refractivity contribution in [2.75, 3.05) is 26.4 Å². The molecule has 0 aliphatic rings. The van der Waals surface area contributed by atoms with Crippen LogP contribution in [0.3, 0.4) is 0 Å². The number of hydrogen-bond acceptors (Lipinski definition) is 7. The van der Waals surface area contributed by atoms with Gasteiger partial charge in [0.25, 0.3) is 0 Å². The van der Waals surface area contributed by atoms with E-state index in [9.17, 15) is 14.2 Å². The first-order chi connectivity index (χ1) is 25.4. The highest BCUT2D eigenvalue weighted by Gasteiger charge is 2.22. The molecule has 0 bridgehead atoms. The topological polar surface area (TPSA) is 88.1 Å². The zero-order chi connectivity index (χ0) is 37.7. The third-order valence-electron chi connectivity index (χ3n) is 9.86. The highest BCUT2D eigenvalue weighted by Crippen LogP contribution is 2.28. The Kier molecular flexibility index (Phi) is 26.3. The Hall–Kier alpha value is -2.47. The number of carbonyl (C=O) groups excluding carboxylic acids is 2. The van der Waals surface area contributed by atoms with Gasteiger partial charge in [-0.05, 0) is 100 Å². The van der Waals surface area contributed by atoms with Crippen molar-refractivity contribution in [3.8, 4) is 0 Å². The SMILES string of the molecule is CCCCCCCCc1ccc(CCC(CCO[PH](=O)OCCC(CCc2ccc(CCCCCCCC)cc2)C(=O)OCC)C(=O)OCC)cc1. The Balaban J connectivity index is 1.74. The fraction of sp³-hybridized carbons (Fsp3) is 0.682. The molecule has 0 aliphatic heterocycles. The van der Waals surface area contributed by atoms with Gasteiger partial charge in [-0.2, -0.15) is 0 Å². The van der Waals surface area contributed by atoms with Gasteiger partial charge in [0.1, 0.15) is 0 Å². The smallest absolute Gasteiger partial charge is 0.319 e. The van der Waals surface area contributed by atoms with Crippen LogP contribution in [0.15, 0.2) is 48.5 Å². The molecule has 52 heavy (non-hydrogen) atoms. The Morgan fingerprint density at radius 2 is 0.808 bits per heavy atom. The second kappa shape index (κ2) is 29.9. The second-order valence-electron chi connectivity index (χ2n) is 14.2. The van der Waals surface area contributed by atoms with Gasteiger partial charge in [-0.15, -0.1) is 0 Å². The molecule has 0 radical (unpaired) electrons. The molecule has 294 valence electrons. The Morgan fingerprint density at radius 1 is 0.481 bits per heavy atom. The summed E-state index contributed by atoms with van der Waals surface area (Å²) in [5, 5.41) is 0. The van der Waals surface area contributed by atoms with Crippen LogP contribution >= 0.6 is 8.25 Å². The first-order valence-electron chi connectivity index (χ1n) is 20.7. The number of esters is 2. The van der Waals surface area contributed by atoms with Crippen LogP contribution in [0.5, 0.6) is 0 Å². The average Bonchev–Trinajstić information content (AvgIpc) is 3.15. The molecular weight excluding hydrogens is 671 g/mol. The van der Waals surface area contributed by atoms with Crippen LogP contribution in [0, 0.1) is 11.8 Å². The van der Waals surface area contributed by atoms with Crippen LogP contribution in [-0.2, 0) is 58.4 Å². The quantitative estimate of drug-likeness (QED) is 0.0419. The summed E-state index contributed by atoms with van der Waals surface area (Å²) >= 11 is 0. The van der Waals surface area contributed by atoms with Crippen molar-refractivity contribution < 1.29 is 32.7 Å². The lowest BCUT2D eigenvalue weighted by Crippen LogP contribution is -2.20. The van der Waals surface area contributed by atoms with Crippen LogP contribution in [-0.4, -0.2) is 38.4 Å². The largest absolute Gasteiger partial charge is 0.466 e. The molecule has 2 rings (SSSR count).